The summed E-state index contributed by atoms with van der Waals surface area (Å²) < 4.78 is 6.03. The number of rotatable bonds is 6. The van der Waals surface area contributed by atoms with Crippen LogP contribution in [0.1, 0.15) is 36.5 Å². The molecule has 0 heterocycles. The van der Waals surface area contributed by atoms with E-state index in [-0.39, 0.29) is 0 Å². The highest BCUT2D eigenvalue weighted by Gasteiger charge is 2.08. The summed E-state index contributed by atoms with van der Waals surface area (Å²) in [5.41, 5.74) is 11.8. The van der Waals surface area contributed by atoms with Crippen molar-refractivity contribution in [3.8, 4) is 16.9 Å². The van der Waals surface area contributed by atoms with Gasteiger partial charge < -0.3 is 10.5 Å². The number of benzene rings is 3. The molecule has 0 saturated heterocycles. The molecule has 0 saturated carbocycles. The summed E-state index contributed by atoms with van der Waals surface area (Å²) >= 11 is 0. The van der Waals surface area contributed by atoms with Crippen LogP contribution in [0.4, 0.5) is 0 Å². The van der Waals surface area contributed by atoms with Gasteiger partial charge in [0, 0.05) is 6.54 Å². The maximum atomic E-state index is 6.03. The average Bonchev–Trinajstić information content (AvgIpc) is 2.67. The molecule has 0 amide bonds. The van der Waals surface area contributed by atoms with Gasteiger partial charge in [-0.2, -0.15) is 0 Å². The molecular formula is C23H25NO. The lowest BCUT2D eigenvalue weighted by Gasteiger charge is -2.14. The Hall–Kier alpha value is -2.58. The van der Waals surface area contributed by atoms with E-state index in [9.17, 15) is 0 Å². The Bertz CT molecular complexity index is 807. The summed E-state index contributed by atoms with van der Waals surface area (Å²) in [5, 5.41) is 0. The molecule has 0 aromatic heterocycles. The van der Waals surface area contributed by atoms with Crippen LogP contribution in [0.25, 0.3) is 11.1 Å². The van der Waals surface area contributed by atoms with Crippen molar-refractivity contribution < 1.29 is 4.74 Å². The van der Waals surface area contributed by atoms with E-state index in [1.165, 1.54) is 16.7 Å². The van der Waals surface area contributed by atoms with Gasteiger partial charge in [0.15, 0.2) is 0 Å². The highest BCUT2D eigenvalue weighted by molar-refractivity contribution is 5.68. The third-order valence-electron chi connectivity index (χ3n) is 4.44. The first-order chi connectivity index (χ1) is 12.2. The van der Waals surface area contributed by atoms with Gasteiger partial charge in [0.05, 0.1) is 0 Å². The van der Waals surface area contributed by atoms with Crippen LogP contribution in [0.3, 0.4) is 0 Å². The minimum atomic E-state index is 0.530. The van der Waals surface area contributed by atoms with Crippen LogP contribution in [0.5, 0.6) is 5.75 Å². The normalized spacial score (nSPS) is 10.9. The Labute approximate surface area is 150 Å². The standard InChI is InChI=1S/C23H25NO/c1-17(2)19-10-12-22(13-11-19)25-16-21-9-8-18(15-24)14-23(21)20-6-4-3-5-7-20/h3-14,17H,15-16,24H2,1-2H3. The average molecular weight is 331 g/mol. The fourth-order valence-corrected chi connectivity index (χ4v) is 2.87. The highest BCUT2D eigenvalue weighted by atomic mass is 16.5. The van der Waals surface area contributed by atoms with E-state index in [0.717, 1.165) is 16.9 Å². The summed E-state index contributed by atoms with van der Waals surface area (Å²) in [6.45, 7) is 5.47. The molecule has 0 fully saturated rings. The quantitative estimate of drug-likeness (QED) is 0.646. The predicted molar refractivity (Wildman–Crippen MR) is 105 cm³/mol. The predicted octanol–water partition coefficient (Wildman–Crippen LogP) is 5.51. The molecule has 3 aromatic carbocycles. The van der Waals surface area contributed by atoms with Crippen molar-refractivity contribution >= 4 is 0 Å². The largest absolute Gasteiger partial charge is 0.489 e. The van der Waals surface area contributed by atoms with Gasteiger partial charge >= 0.3 is 0 Å². The minimum Gasteiger partial charge on any atom is -0.489 e. The van der Waals surface area contributed by atoms with E-state index in [4.69, 9.17) is 10.5 Å². The smallest absolute Gasteiger partial charge is 0.119 e. The molecule has 2 heteroatoms. The summed E-state index contributed by atoms with van der Waals surface area (Å²) in [4.78, 5) is 0. The molecule has 0 spiro atoms. The first-order valence-corrected chi connectivity index (χ1v) is 8.77. The summed E-state index contributed by atoms with van der Waals surface area (Å²) in [5.74, 6) is 1.42. The fourth-order valence-electron chi connectivity index (χ4n) is 2.87. The van der Waals surface area contributed by atoms with Crippen molar-refractivity contribution in [2.45, 2.75) is 32.9 Å². The van der Waals surface area contributed by atoms with Crippen molar-refractivity contribution in [3.63, 3.8) is 0 Å². The van der Waals surface area contributed by atoms with Gasteiger partial charge in [-0.3, -0.25) is 0 Å². The van der Waals surface area contributed by atoms with Crippen LogP contribution in [0.2, 0.25) is 0 Å². The van der Waals surface area contributed by atoms with Crippen LogP contribution >= 0.6 is 0 Å². The summed E-state index contributed by atoms with van der Waals surface area (Å²) in [7, 11) is 0. The van der Waals surface area contributed by atoms with Crippen LogP contribution in [0.15, 0.2) is 72.8 Å². The monoisotopic (exact) mass is 331 g/mol. The maximum absolute atomic E-state index is 6.03. The molecule has 0 unspecified atom stereocenters. The lowest BCUT2D eigenvalue weighted by molar-refractivity contribution is 0.306. The second-order valence-corrected chi connectivity index (χ2v) is 6.57. The van der Waals surface area contributed by atoms with Crippen molar-refractivity contribution in [2.24, 2.45) is 5.73 Å². The topological polar surface area (TPSA) is 35.2 Å². The maximum Gasteiger partial charge on any atom is 0.119 e. The van der Waals surface area contributed by atoms with Crippen LogP contribution < -0.4 is 10.5 Å². The van der Waals surface area contributed by atoms with Gasteiger partial charge in [-0.15, -0.1) is 0 Å². The van der Waals surface area contributed by atoms with Gasteiger partial charge in [0.2, 0.25) is 0 Å². The van der Waals surface area contributed by atoms with E-state index >= 15 is 0 Å². The van der Waals surface area contributed by atoms with Gasteiger partial charge in [-0.05, 0) is 51.9 Å². The molecule has 2 N–H and O–H groups in total. The molecule has 0 aliphatic heterocycles. The second-order valence-electron chi connectivity index (χ2n) is 6.57. The van der Waals surface area contributed by atoms with E-state index in [0.29, 0.717) is 19.1 Å². The molecule has 3 aromatic rings. The third kappa shape index (κ3) is 4.28. The Morgan fingerprint density at radius 1 is 0.880 bits per heavy atom. The van der Waals surface area contributed by atoms with Crippen LogP contribution in [-0.2, 0) is 13.2 Å². The van der Waals surface area contributed by atoms with Crippen LogP contribution in [-0.4, -0.2) is 0 Å². The third-order valence-corrected chi connectivity index (χ3v) is 4.44. The summed E-state index contributed by atoms with van der Waals surface area (Å²) in [6.07, 6.45) is 0. The first-order valence-electron chi connectivity index (χ1n) is 8.77. The zero-order valence-corrected chi connectivity index (χ0v) is 14.9. The Morgan fingerprint density at radius 2 is 1.60 bits per heavy atom. The van der Waals surface area contributed by atoms with Crippen LogP contribution in [0, 0.1) is 0 Å². The lowest BCUT2D eigenvalue weighted by Crippen LogP contribution is -2.02. The van der Waals surface area contributed by atoms with E-state index < -0.39 is 0 Å². The fraction of sp³-hybridized carbons (Fsp3) is 0.217. The highest BCUT2D eigenvalue weighted by Crippen LogP contribution is 2.27. The number of hydrogen-bond acceptors (Lipinski definition) is 2. The number of hydrogen-bond donors (Lipinski definition) is 1. The van der Waals surface area contributed by atoms with Gasteiger partial charge in [0.25, 0.3) is 0 Å². The molecule has 25 heavy (non-hydrogen) atoms. The number of ether oxygens (including phenoxy) is 1. The Balaban J connectivity index is 1.82. The zero-order valence-electron chi connectivity index (χ0n) is 14.9. The van der Waals surface area contributed by atoms with E-state index in [1.54, 1.807) is 0 Å². The molecule has 3 rings (SSSR count). The van der Waals surface area contributed by atoms with Crippen molar-refractivity contribution in [1.29, 1.82) is 0 Å². The van der Waals surface area contributed by atoms with E-state index in [2.05, 4.69) is 68.4 Å². The number of nitrogens with two attached hydrogens (primary N) is 1. The van der Waals surface area contributed by atoms with Gasteiger partial charge in [-0.1, -0.05) is 68.4 Å². The molecule has 0 atom stereocenters. The molecule has 2 nitrogen and oxygen atoms in total. The van der Waals surface area contributed by atoms with E-state index in [1.807, 2.05) is 18.2 Å². The van der Waals surface area contributed by atoms with Crippen molar-refractivity contribution in [2.75, 3.05) is 0 Å². The molecule has 0 aliphatic rings. The lowest BCUT2D eigenvalue weighted by atomic mass is 9.97. The molecule has 0 radical (unpaired) electrons. The molecule has 0 aliphatic carbocycles. The first kappa shape index (κ1) is 17.2. The summed E-state index contributed by atoms with van der Waals surface area (Å²) in [6, 6.07) is 25.1. The Morgan fingerprint density at radius 3 is 2.24 bits per heavy atom. The Kier molecular flexibility index (Phi) is 5.52. The van der Waals surface area contributed by atoms with Gasteiger partial charge in [0.1, 0.15) is 12.4 Å². The molecule has 128 valence electrons. The van der Waals surface area contributed by atoms with Crippen molar-refractivity contribution in [1.82, 2.24) is 0 Å². The molecular weight excluding hydrogens is 306 g/mol. The SMILES string of the molecule is CC(C)c1ccc(OCc2ccc(CN)cc2-c2ccccc2)cc1. The zero-order chi connectivity index (χ0) is 17.6. The molecule has 0 bridgehead atoms. The second kappa shape index (κ2) is 8.00. The van der Waals surface area contributed by atoms with Crippen molar-refractivity contribution in [3.05, 3.63) is 89.5 Å². The van der Waals surface area contributed by atoms with Gasteiger partial charge in [-0.25, -0.2) is 0 Å². The minimum absolute atomic E-state index is 0.530.